The van der Waals surface area contributed by atoms with E-state index in [1.54, 1.807) is 6.92 Å². The van der Waals surface area contributed by atoms with Crippen molar-refractivity contribution in [3.8, 4) is 18.1 Å². The highest BCUT2D eigenvalue weighted by atomic mass is 32.2. The van der Waals surface area contributed by atoms with Crippen LogP contribution in [0.5, 0.6) is 5.75 Å². The van der Waals surface area contributed by atoms with E-state index in [0.29, 0.717) is 11.3 Å². The van der Waals surface area contributed by atoms with Crippen LogP contribution in [-0.4, -0.2) is 15.0 Å². The predicted octanol–water partition coefficient (Wildman–Crippen LogP) is 0.654. The van der Waals surface area contributed by atoms with E-state index < -0.39 is 10.0 Å². The Bertz CT molecular complexity index is 500. The summed E-state index contributed by atoms with van der Waals surface area (Å²) in [6, 6.07) is 4.36. The molecule has 0 aliphatic heterocycles. The largest absolute Gasteiger partial charge is 0.481 e. The van der Waals surface area contributed by atoms with Gasteiger partial charge in [0.1, 0.15) is 12.4 Å². The molecule has 0 unspecified atom stereocenters. The van der Waals surface area contributed by atoms with Crippen molar-refractivity contribution in [3.05, 3.63) is 23.8 Å². The van der Waals surface area contributed by atoms with Crippen molar-refractivity contribution < 1.29 is 13.2 Å². The smallest absolute Gasteiger partial charge is 0.238 e. The molecule has 0 aromatic heterocycles. The Morgan fingerprint density at radius 2 is 2.20 bits per heavy atom. The van der Waals surface area contributed by atoms with Crippen LogP contribution in [0.3, 0.4) is 0 Å². The van der Waals surface area contributed by atoms with Gasteiger partial charge in [-0.15, -0.1) is 6.42 Å². The molecule has 0 saturated heterocycles. The fourth-order valence-corrected chi connectivity index (χ4v) is 1.68. The fourth-order valence-electron chi connectivity index (χ4n) is 1.08. The lowest BCUT2D eigenvalue weighted by atomic mass is 10.2. The van der Waals surface area contributed by atoms with Crippen LogP contribution in [0.4, 0.5) is 0 Å². The number of hydrogen-bond donors (Lipinski definition) is 1. The molecule has 0 fully saturated rings. The predicted molar refractivity (Wildman–Crippen MR) is 56.9 cm³/mol. The van der Waals surface area contributed by atoms with Crippen molar-refractivity contribution in [3.63, 3.8) is 0 Å². The molecule has 0 heterocycles. The number of benzene rings is 1. The molecule has 0 bridgehead atoms. The number of primary sulfonamides is 1. The summed E-state index contributed by atoms with van der Waals surface area (Å²) in [5.74, 6) is 2.88. The molecule has 0 aliphatic rings. The first kappa shape index (κ1) is 11.6. The van der Waals surface area contributed by atoms with Crippen molar-refractivity contribution in [1.82, 2.24) is 0 Å². The molecule has 2 N–H and O–H groups in total. The van der Waals surface area contributed by atoms with Crippen LogP contribution in [0.2, 0.25) is 0 Å². The first-order valence-electron chi connectivity index (χ1n) is 4.15. The maximum Gasteiger partial charge on any atom is 0.238 e. The van der Waals surface area contributed by atoms with Gasteiger partial charge >= 0.3 is 0 Å². The number of ether oxygens (including phenoxy) is 1. The SMILES string of the molecule is C#CCOc1ccc(S(N)(=O)=O)cc1C. The van der Waals surface area contributed by atoms with Crippen molar-refractivity contribution in [2.24, 2.45) is 5.14 Å². The average Bonchev–Trinajstić information content (AvgIpc) is 2.14. The first-order valence-corrected chi connectivity index (χ1v) is 5.69. The van der Waals surface area contributed by atoms with Crippen LogP contribution in [0.25, 0.3) is 0 Å². The molecule has 4 nitrogen and oxygen atoms in total. The Hall–Kier alpha value is -1.51. The van der Waals surface area contributed by atoms with Gasteiger partial charge < -0.3 is 4.74 Å². The minimum Gasteiger partial charge on any atom is -0.481 e. The summed E-state index contributed by atoms with van der Waals surface area (Å²) in [6.45, 7) is 1.87. The number of nitrogens with two attached hydrogens (primary N) is 1. The van der Waals surface area contributed by atoms with Crippen LogP contribution in [0.15, 0.2) is 23.1 Å². The van der Waals surface area contributed by atoms with Crippen LogP contribution >= 0.6 is 0 Å². The van der Waals surface area contributed by atoms with Gasteiger partial charge in [0.25, 0.3) is 0 Å². The molecule has 0 saturated carbocycles. The normalized spacial score (nSPS) is 10.7. The lowest BCUT2D eigenvalue weighted by Gasteiger charge is -2.07. The number of aryl methyl sites for hydroxylation is 1. The molecule has 0 aliphatic carbocycles. The summed E-state index contributed by atoms with van der Waals surface area (Å²) < 4.78 is 27.2. The molecule has 0 radical (unpaired) electrons. The summed E-state index contributed by atoms with van der Waals surface area (Å²) >= 11 is 0. The van der Waals surface area contributed by atoms with Crippen LogP contribution < -0.4 is 9.88 Å². The summed E-state index contributed by atoms with van der Waals surface area (Å²) in [7, 11) is -3.66. The highest BCUT2D eigenvalue weighted by Gasteiger charge is 2.09. The lowest BCUT2D eigenvalue weighted by molar-refractivity contribution is 0.367. The minimum atomic E-state index is -3.66. The zero-order valence-electron chi connectivity index (χ0n) is 8.23. The van der Waals surface area contributed by atoms with Crippen LogP contribution in [0.1, 0.15) is 5.56 Å². The number of hydrogen-bond acceptors (Lipinski definition) is 3. The highest BCUT2D eigenvalue weighted by Crippen LogP contribution is 2.20. The van der Waals surface area contributed by atoms with Gasteiger partial charge in [-0.2, -0.15) is 0 Å². The highest BCUT2D eigenvalue weighted by molar-refractivity contribution is 7.89. The van der Waals surface area contributed by atoms with E-state index in [2.05, 4.69) is 5.92 Å². The Morgan fingerprint density at radius 3 is 2.67 bits per heavy atom. The molecule has 0 amide bonds. The number of terminal acetylenes is 1. The molecule has 1 aromatic carbocycles. The third kappa shape index (κ3) is 2.98. The van der Waals surface area contributed by atoms with E-state index in [-0.39, 0.29) is 11.5 Å². The zero-order valence-corrected chi connectivity index (χ0v) is 9.04. The Balaban J connectivity index is 3.05. The van der Waals surface area contributed by atoms with E-state index in [1.807, 2.05) is 0 Å². The topological polar surface area (TPSA) is 69.4 Å². The monoisotopic (exact) mass is 225 g/mol. The fraction of sp³-hybridized carbons (Fsp3) is 0.200. The summed E-state index contributed by atoms with van der Waals surface area (Å²) in [6.07, 6.45) is 5.03. The summed E-state index contributed by atoms with van der Waals surface area (Å²) in [4.78, 5) is 0.0630. The second-order valence-corrected chi connectivity index (χ2v) is 4.53. The van der Waals surface area contributed by atoms with E-state index in [9.17, 15) is 8.42 Å². The van der Waals surface area contributed by atoms with Gasteiger partial charge in [-0.1, -0.05) is 5.92 Å². The molecule has 1 rings (SSSR count). The molecule has 80 valence electrons. The third-order valence-electron chi connectivity index (χ3n) is 1.79. The Kier molecular flexibility index (Phi) is 3.35. The van der Waals surface area contributed by atoms with Gasteiger partial charge in [-0.3, -0.25) is 0 Å². The second-order valence-electron chi connectivity index (χ2n) is 2.97. The molecule has 1 aromatic rings. The van der Waals surface area contributed by atoms with E-state index >= 15 is 0 Å². The van der Waals surface area contributed by atoms with Crippen LogP contribution in [0, 0.1) is 19.3 Å². The van der Waals surface area contributed by atoms with Gasteiger partial charge in [0.2, 0.25) is 10.0 Å². The second kappa shape index (κ2) is 4.34. The molecule has 0 spiro atoms. The molecule has 0 atom stereocenters. The molecule has 5 heteroatoms. The zero-order chi connectivity index (χ0) is 11.5. The van der Waals surface area contributed by atoms with Crippen molar-refractivity contribution in [1.29, 1.82) is 0 Å². The molecular formula is C10H11NO3S. The van der Waals surface area contributed by atoms with Gasteiger partial charge in [0.15, 0.2) is 0 Å². The van der Waals surface area contributed by atoms with Gasteiger partial charge in [0, 0.05) is 0 Å². The average molecular weight is 225 g/mol. The Labute approximate surface area is 89.1 Å². The van der Waals surface area contributed by atoms with E-state index in [4.69, 9.17) is 16.3 Å². The third-order valence-corrected chi connectivity index (χ3v) is 2.70. The number of sulfonamides is 1. The van der Waals surface area contributed by atoms with Crippen molar-refractivity contribution in [2.75, 3.05) is 6.61 Å². The Morgan fingerprint density at radius 1 is 1.53 bits per heavy atom. The van der Waals surface area contributed by atoms with Crippen molar-refractivity contribution >= 4 is 10.0 Å². The maximum absolute atomic E-state index is 11.0. The van der Waals surface area contributed by atoms with Crippen LogP contribution in [-0.2, 0) is 10.0 Å². The quantitative estimate of drug-likeness (QED) is 0.768. The summed E-state index contributed by atoms with van der Waals surface area (Å²) in [5, 5.41) is 4.97. The lowest BCUT2D eigenvalue weighted by Crippen LogP contribution is -2.12. The molecular weight excluding hydrogens is 214 g/mol. The maximum atomic E-state index is 11.0. The number of rotatable bonds is 3. The van der Waals surface area contributed by atoms with Gasteiger partial charge in [-0.25, -0.2) is 13.6 Å². The minimum absolute atomic E-state index is 0.0630. The van der Waals surface area contributed by atoms with E-state index in [0.717, 1.165) is 0 Å². The van der Waals surface area contributed by atoms with Gasteiger partial charge in [0.05, 0.1) is 4.90 Å². The summed E-state index contributed by atoms with van der Waals surface area (Å²) in [5.41, 5.74) is 0.678. The first-order chi connectivity index (χ1) is 6.95. The standard InChI is InChI=1S/C10H11NO3S/c1-3-6-14-10-5-4-9(7-8(10)2)15(11,12)13/h1,4-5,7H,6H2,2H3,(H2,11,12,13). The van der Waals surface area contributed by atoms with E-state index in [1.165, 1.54) is 18.2 Å². The molecule has 15 heavy (non-hydrogen) atoms. The van der Waals surface area contributed by atoms with Gasteiger partial charge in [-0.05, 0) is 30.7 Å². The van der Waals surface area contributed by atoms with Crippen molar-refractivity contribution in [2.45, 2.75) is 11.8 Å².